The fraction of sp³-hybridized carbons (Fsp3) is 0.350. The third kappa shape index (κ3) is 8.69. The predicted octanol–water partition coefficient (Wildman–Crippen LogP) is 6.94. The van der Waals surface area contributed by atoms with Crippen molar-refractivity contribution >= 4 is 33.4 Å². The summed E-state index contributed by atoms with van der Waals surface area (Å²) in [5.74, 6) is 2.34. The van der Waals surface area contributed by atoms with Crippen molar-refractivity contribution in [2.75, 3.05) is 0 Å². The molecule has 264 valence electrons. The Labute approximate surface area is 301 Å². The highest BCUT2D eigenvalue weighted by molar-refractivity contribution is 6.29. The Hall–Kier alpha value is -4.93. The lowest BCUT2D eigenvalue weighted by atomic mass is 9.85. The van der Waals surface area contributed by atoms with Gasteiger partial charge in [0.15, 0.2) is 0 Å². The molecule has 6 heterocycles. The number of halogens is 1. The Morgan fingerprint density at radius 3 is 1.73 bits per heavy atom. The monoisotopic (exact) mass is 706 g/mol. The maximum Gasteiger partial charge on any atom is 0.261 e. The average molecular weight is 707 g/mol. The zero-order chi connectivity index (χ0) is 36.2. The van der Waals surface area contributed by atoms with E-state index in [0.717, 1.165) is 67.1 Å². The lowest BCUT2D eigenvalue weighted by Gasteiger charge is -2.31. The number of benzene rings is 2. The molecule has 6 aromatic rings. The van der Waals surface area contributed by atoms with Crippen molar-refractivity contribution in [1.29, 1.82) is 0 Å². The molecule has 0 fully saturated rings. The molecule has 0 saturated carbocycles. The third-order valence-electron chi connectivity index (χ3n) is 9.26. The van der Waals surface area contributed by atoms with Crippen LogP contribution in [0.2, 0.25) is 5.15 Å². The smallest absolute Gasteiger partial charge is 0.261 e. The molecule has 0 spiro atoms. The molecule has 2 aromatic carbocycles. The average Bonchev–Trinajstić information content (AvgIpc) is 3.12. The van der Waals surface area contributed by atoms with Gasteiger partial charge in [-0.15, -0.1) is 0 Å². The van der Waals surface area contributed by atoms with E-state index in [0.29, 0.717) is 33.9 Å². The number of aliphatic hydroxyl groups is 1. The van der Waals surface area contributed by atoms with Gasteiger partial charge in [-0.1, -0.05) is 63.6 Å². The highest BCUT2D eigenvalue weighted by atomic mass is 35.5. The van der Waals surface area contributed by atoms with E-state index in [1.54, 1.807) is 36.7 Å². The molecule has 0 radical (unpaired) electrons. The normalized spacial score (nSPS) is 15.4. The number of aromatic nitrogens is 6. The standard InChI is InChI=1S/C20H21N3O2.C15H18N2O2.C5H4ClN/c1-20(2)9-8-17-22-16-11-14(12-25-18-5-3-4-10-21-18)6-7-15(16)19(24)23(17)13-20;1-15(2)6-5-13-16-12-7-10(8-18)3-4-11(12)14(19)17(13)9-15;6-5-3-1-2-4-7-5/h3-7,10-11H,8-9,12-13H2,1-2H3;3-4,7,18H,5-6,8-9H2,1-2H3;1-4H. The summed E-state index contributed by atoms with van der Waals surface area (Å²) < 4.78 is 9.34. The van der Waals surface area contributed by atoms with Gasteiger partial charge >= 0.3 is 0 Å². The third-order valence-corrected chi connectivity index (χ3v) is 9.48. The van der Waals surface area contributed by atoms with Crippen LogP contribution in [0.25, 0.3) is 21.8 Å². The summed E-state index contributed by atoms with van der Waals surface area (Å²) in [6, 6.07) is 22.1. The van der Waals surface area contributed by atoms with E-state index in [-0.39, 0.29) is 28.6 Å². The summed E-state index contributed by atoms with van der Waals surface area (Å²) in [4.78, 5) is 42.6. The molecule has 8 rings (SSSR count). The summed E-state index contributed by atoms with van der Waals surface area (Å²) in [5.41, 5.74) is 3.61. The van der Waals surface area contributed by atoms with Gasteiger partial charge in [0.2, 0.25) is 5.88 Å². The number of fused-ring (bicyclic) bond motifs is 4. The predicted molar refractivity (Wildman–Crippen MR) is 200 cm³/mol. The molecule has 2 aliphatic heterocycles. The first-order valence-corrected chi connectivity index (χ1v) is 17.6. The number of rotatable bonds is 4. The molecule has 0 bridgehead atoms. The van der Waals surface area contributed by atoms with E-state index in [1.165, 1.54) is 0 Å². The lowest BCUT2D eigenvalue weighted by Crippen LogP contribution is -2.36. The molecule has 1 N–H and O–H groups in total. The van der Waals surface area contributed by atoms with Crippen molar-refractivity contribution < 1.29 is 9.84 Å². The Morgan fingerprint density at radius 2 is 1.25 bits per heavy atom. The highest BCUT2D eigenvalue weighted by Crippen LogP contribution is 2.30. The van der Waals surface area contributed by atoms with Gasteiger partial charge in [0.1, 0.15) is 23.4 Å². The fourth-order valence-corrected chi connectivity index (χ4v) is 6.50. The second kappa shape index (κ2) is 15.1. The number of hydrogen-bond acceptors (Lipinski definition) is 8. The van der Waals surface area contributed by atoms with E-state index < -0.39 is 0 Å². The number of ether oxygens (including phenoxy) is 1. The molecule has 0 unspecified atom stereocenters. The lowest BCUT2D eigenvalue weighted by molar-refractivity contribution is 0.240. The van der Waals surface area contributed by atoms with Gasteiger partial charge in [-0.05, 0) is 77.3 Å². The Morgan fingerprint density at radius 1 is 0.725 bits per heavy atom. The summed E-state index contributed by atoms with van der Waals surface area (Å²) in [6.07, 6.45) is 7.13. The summed E-state index contributed by atoms with van der Waals surface area (Å²) >= 11 is 5.43. The topological polar surface area (TPSA) is 125 Å². The van der Waals surface area contributed by atoms with Gasteiger partial charge in [0, 0.05) is 44.4 Å². The van der Waals surface area contributed by atoms with Gasteiger partial charge < -0.3 is 9.84 Å². The van der Waals surface area contributed by atoms with Crippen LogP contribution in [0.4, 0.5) is 0 Å². The summed E-state index contributed by atoms with van der Waals surface area (Å²) in [5, 5.41) is 11.0. The maximum absolute atomic E-state index is 12.8. The van der Waals surface area contributed by atoms with Crippen LogP contribution in [0, 0.1) is 10.8 Å². The highest BCUT2D eigenvalue weighted by Gasteiger charge is 2.28. The van der Waals surface area contributed by atoms with E-state index in [9.17, 15) is 9.59 Å². The Kier molecular flexibility index (Phi) is 10.6. The van der Waals surface area contributed by atoms with Crippen molar-refractivity contribution in [3.05, 3.63) is 134 Å². The van der Waals surface area contributed by atoms with Crippen molar-refractivity contribution in [2.45, 2.75) is 79.7 Å². The minimum atomic E-state index is -0.0247. The maximum atomic E-state index is 12.8. The SMILES string of the molecule is CC1(C)CCc2nc3cc(CO)ccc3c(=O)n2C1.CC1(C)CCc2nc3cc(COc4ccccn4)ccc3c(=O)n2C1.Clc1ccccn1. The van der Waals surface area contributed by atoms with E-state index >= 15 is 0 Å². The van der Waals surface area contributed by atoms with Crippen molar-refractivity contribution in [2.24, 2.45) is 10.8 Å². The van der Waals surface area contributed by atoms with Gasteiger partial charge in [0.05, 0.1) is 28.4 Å². The molecule has 10 nitrogen and oxygen atoms in total. The summed E-state index contributed by atoms with van der Waals surface area (Å²) in [6.45, 7) is 10.6. The summed E-state index contributed by atoms with van der Waals surface area (Å²) in [7, 11) is 0. The quantitative estimate of drug-likeness (QED) is 0.196. The molecule has 2 aliphatic rings. The first-order chi connectivity index (χ1) is 24.4. The van der Waals surface area contributed by atoms with Gasteiger partial charge in [0.25, 0.3) is 11.1 Å². The van der Waals surface area contributed by atoms with Gasteiger partial charge in [-0.25, -0.2) is 19.9 Å². The van der Waals surface area contributed by atoms with Crippen LogP contribution in [0.3, 0.4) is 0 Å². The zero-order valence-electron chi connectivity index (χ0n) is 29.5. The van der Waals surface area contributed by atoms with Crippen LogP contribution >= 0.6 is 11.6 Å². The molecule has 4 aromatic heterocycles. The van der Waals surface area contributed by atoms with E-state index in [1.807, 2.05) is 57.7 Å². The van der Waals surface area contributed by atoms with Crippen LogP contribution in [0.15, 0.2) is 94.8 Å². The molecule has 0 atom stereocenters. The largest absolute Gasteiger partial charge is 0.473 e. The fourth-order valence-electron chi connectivity index (χ4n) is 6.37. The first-order valence-electron chi connectivity index (χ1n) is 17.2. The molecular weight excluding hydrogens is 664 g/mol. The number of nitrogens with zero attached hydrogens (tertiary/aromatic N) is 6. The van der Waals surface area contributed by atoms with Crippen LogP contribution in [-0.4, -0.2) is 34.2 Å². The van der Waals surface area contributed by atoms with E-state index in [4.69, 9.17) is 26.4 Å². The number of pyridine rings is 2. The zero-order valence-corrected chi connectivity index (χ0v) is 30.2. The minimum Gasteiger partial charge on any atom is -0.473 e. The number of aliphatic hydroxyl groups excluding tert-OH is 1. The molecular formula is C40H43ClN6O4. The van der Waals surface area contributed by atoms with Crippen LogP contribution < -0.4 is 15.9 Å². The van der Waals surface area contributed by atoms with Crippen LogP contribution in [0.1, 0.15) is 63.3 Å². The molecule has 0 amide bonds. The van der Waals surface area contributed by atoms with E-state index in [2.05, 4.69) is 42.6 Å². The Balaban J connectivity index is 0.000000151. The number of hydrogen-bond donors (Lipinski definition) is 1. The molecule has 0 aliphatic carbocycles. The molecule has 11 heteroatoms. The first kappa shape index (κ1) is 35.9. The van der Waals surface area contributed by atoms with Gasteiger partial charge in [-0.2, -0.15) is 0 Å². The van der Waals surface area contributed by atoms with Gasteiger partial charge in [-0.3, -0.25) is 18.7 Å². The van der Waals surface area contributed by atoms with Crippen molar-refractivity contribution in [3.8, 4) is 5.88 Å². The number of aryl methyl sites for hydroxylation is 2. The second-order valence-electron chi connectivity index (χ2n) is 14.6. The molecule has 0 saturated heterocycles. The van der Waals surface area contributed by atoms with Crippen molar-refractivity contribution in [1.82, 2.24) is 29.1 Å². The Bertz CT molecular complexity index is 2270. The minimum absolute atomic E-state index is 0.0247. The van der Waals surface area contributed by atoms with Crippen molar-refractivity contribution in [3.63, 3.8) is 0 Å². The molecule has 51 heavy (non-hydrogen) atoms. The van der Waals surface area contributed by atoms with Crippen LogP contribution in [-0.2, 0) is 39.1 Å². The second-order valence-corrected chi connectivity index (χ2v) is 15.0. The van der Waals surface area contributed by atoms with Crippen LogP contribution in [0.5, 0.6) is 5.88 Å².